The molecule has 1 aliphatic rings. The largest absolute Gasteiger partial charge is 0.443 e. The fourth-order valence-corrected chi connectivity index (χ4v) is 3.09. The van der Waals surface area contributed by atoms with E-state index >= 15 is 0 Å². The van der Waals surface area contributed by atoms with Crippen molar-refractivity contribution in [1.29, 1.82) is 0 Å². The van der Waals surface area contributed by atoms with Gasteiger partial charge in [-0.1, -0.05) is 18.2 Å². The highest BCUT2D eigenvalue weighted by molar-refractivity contribution is 5.85. The third-order valence-corrected chi connectivity index (χ3v) is 4.33. The Morgan fingerprint density at radius 1 is 1.33 bits per heavy atom. The standard InChI is InChI=1S/C16H22N4O2.2ClH/c17-13-6-8-20(10-15(13)22-16(18)21)7-5-11-9-19-14-4-2-1-3-12(11)14;;/h1-4,9,13,15,19H,5-8,10,17H2,(H2,18,21);2*1H. The molecule has 1 amide bonds. The Morgan fingerprint density at radius 2 is 2.08 bits per heavy atom. The van der Waals surface area contributed by atoms with Gasteiger partial charge in [0.2, 0.25) is 0 Å². The number of hydrogen-bond acceptors (Lipinski definition) is 4. The molecule has 2 heterocycles. The maximum absolute atomic E-state index is 10.9. The van der Waals surface area contributed by atoms with Crippen molar-refractivity contribution < 1.29 is 9.53 Å². The molecule has 1 saturated heterocycles. The molecule has 134 valence electrons. The SMILES string of the molecule is Cl.Cl.NC(=O)OC1CN(CCc2c[nH]c3ccccc23)CCC1N. The number of fused-ring (bicyclic) bond motifs is 1. The van der Waals surface area contributed by atoms with Crippen molar-refractivity contribution in [3.63, 3.8) is 0 Å². The number of aromatic nitrogens is 1. The van der Waals surface area contributed by atoms with Crippen molar-refractivity contribution in [2.45, 2.75) is 25.0 Å². The number of halogens is 2. The minimum atomic E-state index is -0.751. The van der Waals surface area contributed by atoms with E-state index in [1.54, 1.807) is 0 Å². The van der Waals surface area contributed by atoms with Gasteiger partial charge < -0.3 is 21.2 Å². The van der Waals surface area contributed by atoms with E-state index < -0.39 is 6.09 Å². The van der Waals surface area contributed by atoms with E-state index in [0.717, 1.165) is 31.4 Å². The lowest BCUT2D eigenvalue weighted by Crippen LogP contribution is -2.53. The predicted octanol–water partition coefficient (Wildman–Crippen LogP) is 2.05. The van der Waals surface area contributed by atoms with Gasteiger partial charge in [-0.05, 0) is 31.0 Å². The first kappa shape index (κ1) is 20.6. The number of para-hydroxylation sites is 1. The second kappa shape index (κ2) is 9.13. The van der Waals surface area contributed by atoms with Crippen LogP contribution >= 0.6 is 24.8 Å². The number of ether oxygens (including phenoxy) is 1. The lowest BCUT2D eigenvalue weighted by molar-refractivity contribution is 0.0344. The maximum Gasteiger partial charge on any atom is 0.404 e. The molecule has 2 aromatic rings. The number of amides is 1. The number of nitrogens with two attached hydrogens (primary N) is 2. The zero-order valence-electron chi connectivity index (χ0n) is 13.3. The van der Waals surface area contributed by atoms with Crippen LogP contribution in [0, 0.1) is 0 Å². The highest BCUT2D eigenvalue weighted by atomic mass is 35.5. The zero-order valence-corrected chi connectivity index (χ0v) is 14.9. The highest BCUT2D eigenvalue weighted by Crippen LogP contribution is 2.19. The minimum Gasteiger partial charge on any atom is -0.443 e. The number of aromatic amines is 1. The van der Waals surface area contributed by atoms with Crippen LogP contribution in [-0.2, 0) is 11.2 Å². The number of primary amides is 1. The topological polar surface area (TPSA) is 97.4 Å². The second-order valence-corrected chi connectivity index (χ2v) is 5.84. The number of hydrogen-bond donors (Lipinski definition) is 3. The molecule has 24 heavy (non-hydrogen) atoms. The summed E-state index contributed by atoms with van der Waals surface area (Å²) < 4.78 is 5.11. The lowest BCUT2D eigenvalue weighted by Gasteiger charge is -2.35. The van der Waals surface area contributed by atoms with E-state index in [2.05, 4.69) is 34.3 Å². The van der Waals surface area contributed by atoms with Gasteiger partial charge in [0.25, 0.3) is 0 Å². The highest BCUT2D eigenvalue weighted by Gasteiger charge is 2.29. The van der Waals surface area contributed by atoms with Crippen LogP contribution < -0.4 is 11.5 Å². The van der Waals surface area contributed by atoms with Crippen molar-refractivity contribution >= 4 is 41.8 Å². The molecule has 0 spiro atoms. The average molecular weight is 375 g/mol. The normalized spacial score (nSPS) is 20.9. The molecule has 1 aliphatic heterocycles. The molecule has 1 aromatic heterocycles. The summed E-state index contributed by atoms with van der Waals surface area (Å²) in [6.45, 7) is 2.47. The number of nitrogens with one attached hydrogen (secondary N) is 1. The Kier molecular flexibility index (Phi) is 7.83. The fourth-order valence-electron chi connectivity index (χ4n) is 3.09. The Balaban J connectivity index is 0.00000144. The van der Waals surface area contributed by atoms with E-state index in [9.17, 15) is 4.79 Å². The predicted molar refractivity (Wildman–Crippen MR) is 100.0 cm³/mol. The summed E-state index contributed by atoms with van der Waals surface area (Å²) in [4.78, 5) is 16.5. The van der Waals surface area contributed by atoms with Gasteiger partial charge in [0.05, 0.1) is 0 Å². The van der Waals surface area contributed by atoms with Crippen LogP contribution in [0.2, 0.25) is 0 Å². The third-order valence-electron chi connectivity index (χ3n) is 4.33. The van der Waals surface area contributed by atoms with Crippen LogP contribution in [0.5, 0.6) is 0 Å². The van der Waals surface area contributed by atoms with Gasteiger partial charge in [0.15, 0.2) is 0 Å². The summed E-state index contributed by atoms with van der Waals surface area (Å²) in [5.41, 5.74) is 13.6. The Morgan fingerprint density at radius 3 is 2.83 bits per heavy atom. The van der Waals surface area contributed by atoms with E-state index in [1.165, 1.54) is 10.9 Å². The Labute approximate surface area is 153 Å². The van der Waals surface area contributed by atoms with Crippen LogP contribution in [-0.4, -0.2) is 47.8 Å². The Bertz CT molecular complexity index is 664. The maximum atomic E-state index is 10.9. The van der Waals surface area contributed by atoms with E-state index in [4.69, 9.17) is 16.2 Å². The molecule has 0 bridgehead atoms. The summed E-state index contributed by atoms with van der Waals surface area (Å²) in [5, 5.41) is 1.26. The van der Waals surface area contributed by atoms with Gasteiger partial charge in [-0.25, -0.2) is 4.79 Å². The quantitative estimate of drug-likeness (QED) is 0.762. The molecule has 0 radical (unpaired) electrons. The second-order valence-electron chi connectivity index (χ2n) is 5.84. The van der Waals surface area contributed by atoms with Crippen LogP contribution in [0.3, 0.4) is 0 Å². The van der Waals surface area contributed by atoms with E-state index in [-0.39, 0.29) is 37.0 Å². The summed E-state index contributed by atoms with van der Waals surface area (Å²) in [6, 6.07) is 8.16. The van der Waals surface area contributed by atoms with Gasteiger partial charge in [0.1, 0.15) is 6.10 Å². The first-order chi connectivity index (χ1) is 10.6. The fraction of sp³-hybridized carbons (Fsp3) is 0.438. The van der Waals surface area contributed by atoms with Crippen molar-refractivity contribution in [2.75, 3.05) is 19.6 Å². The molecule has 2 atom stereocenters. The number of H-pyrrole nitrogens is 1. The number of rotatable bonds is 4. The number of piperidine rings is 1. The molecule has 5 N–H and O–H groups in total. The number of carbonyl (C=O) groups excluding carboxylic acids is 1. The first-order valence-corrected chi connectivity index (χ1v) is 7.62. The molecule has 0 aliphatic carbocycles. The van der Waals surface area contributed by atoms with Gasteiger partial charge in [-0.2, -0.15) is 0 Å². The summed E-state index contributed by atoms with van der Waals surface area (Å²) in [7, 11) is 0. The monoisotopic (exact) mass is 374 g/mol. The molecular formula is C16H24Cl2N4O2. The van der Waals surface area contributed by atoms with E-state index in [0.29, 0.717) is 6.54 Å². The van der Waals surface area contributed by atoms with Gasteiger partial charge in [0, 0.05) is 36.2 Å². The number of carbonyl (C=O) groups is 1. The zero-order chi connectivity index (χ0) is 15.5. The Hall–Kier alpha value is -1.47. The average Bonchev–Trinajstić information content (AvgIpc) is 2.91. The molecule has 1 aromatic carbocycles. The van der Waals surface area contributed by atoms with Crippen LogP contribution in [0.15, 0.2) is 30.5 Å². The van der Waals surface area contributed by atoms with Crippen molar-refractivity contribution in [3.05, 3.63) is 36.0 Å². The molecule has 8 heteroatoms. The van der Waals surface area contributed by atoms with Crippen molar-refractivity contribution in [2.24, 2.45) is 11.5 Å². The number of likely N-dealkylation sites (tertiary alicyclic amines) is 1. The minimum absolute atomic E-state index is 0. The van der Waals surface area contributed by atoms with Crippen molar-refractivity contribution in [3.8, 4) is 0 Å². The van der Waals surface area contributed by atoms with Crippen LogP contribution in [0.25, 0.3) is 10.9 Å². The summed E-state index contributed by atoms with van der Waals surface area (Å²) in [5.74, 6) is 0. The summed E-state index contributed by atoms with van der Waals surface area (Å²) >= 11 is 0. The van der Waals surface area contributed by atoms with Crippen molar-refractivity contribution in [1.82, 2.24) is 9.88 Å². The molecule has 6 nitrogen and oxygen atoms in total. The van der Waals surface area contributed by atoms with Gasteiger partial charge in [-0.15, -0.1) is 24.8 Å². The van der Waals surface area contributed by atoms with Gasteiger partial charge >= 0.3 is 6.09 Å². The van der Waals surface area contributed by atoms with Crippen LogP contribution in [0.4, 0.5) is 4.79 Å². The molecule has 2 unspecified atom stereocenters. The first-order valence-electron chi connectivity index (χ1n) is 7.62. The molecule has 3 rings (SSSR count). The van der Waals surface area contributed by atoms with Crippen LogP contribution in [0.1, 0.15) is 12.0 Å². The van der Waals surface area contributed by atoms with Gasteiger partial charge in [-0.3, -0.25) is 4.90 Å². The smallest absolute Gasteiger partial charge is 0.404 e. The third kappa shape index (κ3) is 4.77. The lowest BCUT2D eigenvalue weighted by atomic mass is 10.0. The number of nitrogens with zero attached hydrogens (tertiary/aromatic N) is 1. The molecular weight excluding hydrogens is 351 g/mol. The summed E-state index contributed by atoms with van der Waals surface area (Å²) in [6.07, 6.45) is 2.76. The molecule has 0 saturated carbocycles. The molecule has 1 fully saturated rings. The number of benzene rings is 1. The van der Waals surface area contributed by atoms with E-state index in [1.807, 2.05) is 6.07 Å².